The van der Waals surface area contributed by atoms with E-state index < -0.39 is 9.84 Å². The quantitative estimate of drug-likeness (QED) is 0.769. The van der Waals surface area contributed by atoms with Gasteiger partial charge in [0.2, 0.25) is 5.91 Å². The Hall–Kier alpha value is -0.100. The monoisotopic (exact) mass is 311 g/mol. The Morgan fingerprint density at radius 1 is 1.56 bits per heavy atom. The molecule has 1 aliphatic rings. The molecular weight excluding hydrogens is 294 g/mol. The Morgan fingerprint density at radius 2 is 2.25 bits per heavy atom. The van der Waals surface area contributed by atoms with E-state index in [-0.39, 0.29) is 23.3 Å². The molecule has 6 heteroatoms. The van der Waals surface area contributed by atoms with Crippen LogP contribution in [0.2, 0.25) is 0 Å². The van der Waals surface area contributed by atoms with E-state index in [0.717, 1.165) is 11.8 Å². The van der Waals surface area contributed by atoms with Gasteiger partial charge in [-0.05, 0) is 18.8 Å². The summed E-state index contributed by atoms with van der Waals surface area (Å²) in [6, 6.07) is 0. The first kappa shape index (κ1) is 14.0. The highest BCUT2D eigenvalue weighted by Gasteiger charge is 2.32. The van der Waals surface area contributed by atoms with E-state index in [0.29, 0.717) is 18.9 Å². The summed E-state index contributed by atoms with van der Waals surface area (Å²) < 4.78 is 22.4. The van der Waals surface area contributed by atoms with Gasteiger partial charge in [0.25, 0.3) is 0 Å². The fraction of sp³-hybridized carbons (Fsp3) is 0.900. The second kappa shape index (κ2) is 6.00. The summed E-state index contributed by atoms with van der Waals surface area (Å²) >= 11 is 3.35. The standard InChI is InChI=1S/C10H18BrNO3S/c1-8(2-4-11)6-12-10(13)9-3-5-16(14,15)7-9/h8-9H,2-7H2,1H3,(H,12,13). The molecule has 1 amide bonds. The van der Waals surface area contributed by atoms with Crippen LogP contribution in [0.1, 0.15) is 19.8 Å². The Morgan fingerprint density at radius 3 is 2.75 bits per heavy atom. The summed E-state index contributed by atoms with van der Waals surface area (Å²) in [5.74, 6) is 0.151. The lowest BCUT2D eigenvalue weighted by Gasteiger charge is -2.13. The number of carbonyl (C=O) groups is 1. The molecule has 0 spiro atoms. The molecule has 4 nitrogen and oxygen atoms in total. The second-order valence-corrected chi connectivity index (χ2v) is 7.45. The topological polar surface area (TPSA) is 63.2 Å². The second-order valence-electron chi connectivity index (χ2n) is 4.43. The number of hydrogen-bond donors (Lipinski definition) is 1. The van der Waals surface area contributed by atoms with Crippen molar-refractivity contribution in [2.75, 3.05) is 23.4 Å². The fourth-order valence-corrected chi connectivity index (χ4v) is 4.23. The van der Waals surface area contributed by atoms with Gasteiger partial charge in [-0.3, -0.25) is 4.79 Å². The highest BCUT2D eigenvalue weighted by atomic mass is 79.9. The van der Waals surface area contributed by atoms with E-state index in [2.05, 4.69) is 28.2 Å². The summed E-state index contributed by atoms with van der Waals surface area (Å²) in [4.78, 5) is 11.7. The molecule has 94 valence electrons. The predicted molar refractivity (Wildman–Crippen MR) is 67.3 cm³/mol. The molecule has 1 saturated heterocycles. The average molecular weight is 312 g/mol. The molecule has 0 saturated carbocycles. The molecule has 1 heterocycles. The van der Waals surface area contributed by atoms with Gasteiger partial charge in [0.1, 0.15) is 0 Å². The highest BCUT2D eigenvalue weighted by Crippen LogP contribution is 2.18. The van der Waals surface area contributed by atoms with Gasteiger partial charge in [-0.25, -0.2) is 8.42 Å². The van der Waals surface area contributed by atoms with E-state index in [1.54, 1.807) is 0 Å². The third-order valence-electron chi connectivity index (χ3n) is 2.83. The highest BCUT2D eigenvalue weighted by molar-refractivity contribution is 9.09. The summed E-state index contributed by atoms with van der Waals surface area (Å²) in [6.45, 7) is 2.69. The first-order valence-electron chi connectivity index (χ1n) is 5.48. The number of alkyl halides is 1. The molecule has 1 fully saturated rings. The summed E-state index contributed by atoms with van der Waals surface area (Å²) in [5, 5.41) is 3.74. The van der Waals surface area contributed by atoms with Crippen LogP contribution in [0.15, 0.2) is 0 Å². The van der Waals surface area contributed by atoms with E-state index in [1.165, 1.54) is 0 Å². The van der Waals surface area contributed by atoms with Gasteiger partial charge in [0.15, 0.2) is 9.84 Å². The van der Waals surface area contributed by atoms with Crippen LogP contribution in [0.3, 0.4) is 0 Å². The Labute approximate surface area is 105 Å². The maximum atomic E-state index is 11.7. The van der Waals surface area contributed by atoms with Crippen molar-refractivity contribution in [3.05, 3.63) is 0 Å². The number of halogens is 1. The lowest BCUT2D eigenvalue weighted by atomic mass is 10.1. The summed E-state index contributed by atoms with van der Waals surface area (Å²) in [5.41, 5.74) is 0. The van der Waals surface area contributed by atoms with Gasteiger partial charge < -0.3 is 5.32 Å². The van der Waals surface area contributed by atoms with E-state index >= 15 is 0 Å². The Bertz CT molecular complexity index is 342. The first-order valence-corrected chi connectivity index (χ1v) is 8.43. The van der Waals surface area contributed by atoms with Crippen molar-refractivity contribution in [2.45, 2.75) is 19.8 Å². The van der Waals surface area contributed by atoms with E-state index in [1.807, 2.05) is 0 Å². The average Bonchev–Trinajstić information content (AvgIpc) is 2.56. The minimum Gasteiger partial charge on any atom is -0.356 e. The third-order valence-corrected chi connectivity index (χ3v) is 5.06. The van der Waals surface area contributed by atoms with Crippen LogP contribution in [0, 0.1) is 11.8 Å². The van der Waals surface area contributed by atoms with E-state index in [4.69, 9.17) is 0 Å². The van der Waals surface area contributed by atoms with Crippen LogP contribution >= 0.6 is 15.9 Å². The molecule has 0 aromatic carbocycles. The Balaban J connectivity index is 2.31. The molecule has 1 aliphatic heterocycles. The third kappa shape index (κ3) is 4.41. The van der Waals surface area contributed by atoms with Crippen LogP contribution in [-0.2, 0) is 14.6 Å². The zero-order valence-corrected chi connectivity index (χ0v) is 11.8. The van der Waals surface area contributed by atoms with Gasteiger partial charge in [-0.2, -0.15) is 0 Å². The summed E-state index contributed by atoms with van der Waals surface area (Å²) in [7, 11) is -2.96. The number of amides is 1. The lowest BCUT2D eigenvalue weighted by Crippen LogP contribution is -2.34. The van der Waals surface area contributed by atoms with Crippen molar-refractivity contribution in [1.29, 1.82) is 0 Å². The fourth-order valence-electron chi connectivity index (χ4n) is 1.71. The van der Waals surface area contributed by atoms with Crippen LogP contribution in [0.5, 0.6) is 0 Å². The van der Waals surface area contributed by atoms with Gasteiger partial charge >= 0.3 is 0 Å². The molecule has 0 aromatic heterocycles. The normalized spacial score (nSPS) is 25.2. The van der Waals surface area contributed by atoms with Crippen molar-refractivity contribution >= 4 is 31.7 Å². The maximum absolute atomic E-state index is 11.7. The molecule has 0 radical (unpaired) electrons. The van der Waals surface area contributed by atoms with Gasteiger partial charge in [-0.1, -0.05) is 22.9 Å². The molecule has 1 rings (SSSR count). The number of nitrogens with one attached hydrogen (secondary N) is 1. The minimum absolute atomic E-state index is 0.0195. The van der Waals surface area contributed by atoms with Crippen molar-refractivity contribution in [1.82, 2.24) is 5.32 Å². The molecule has 0 aliphatic carbocycles. The number of rotatable bonds is 5. The largest absolute Gasteiger partial charge is 0.356 e. The number of hydrogen-bond acceptors (Lipinski definition) is 3. The van der Waals surface area contributed by atoms with Crippen molar-refractivity contribution < 1.29 is 13.2 Å². The Kier molecular flexibility index (Phi) is 5.24. The predicted octanol–water partition coefficient (Wildman–Crippen LogP) is 0.958. The van der Waals surface area contributed by atoms with Crippen LogP contribution in [0.25, 0.3) is 0 Å². The van der Waals surface area contributed by atoms with Gasteiger partial charge in [0.05, 0.1) is 17.4 Å². The SMILES string of the molecule is CC(CCBr)CNC(=O)C1CCS(=O)(=O)C1. The van der Waals surface area contributed by atoms with E-state index in [9.17, 15) is 13.2 Å². The van der Waals surface area contributed by atoms with Crippen molar-refractivity contribution in [3.63, 3.8) is 0 Å². The molecule has 0 aromatic rings. The smallest absolute Gasteiger partial charge is 0.224 e. The first-order chi connectivity index (χ1) is 7.44. The van der Waals surface area contributed by atoms with Gasteiger partial charge in [-0.15, -0.1) is 0 Å². The zero-order chi connectivity index (χ0) is 12.2. The van der Waals surface area contributed by atoms with Crippen molar-refractivity contribution in [2.24, 2.45) is 11.8 Å². The van der Waals surface area contributed by atoms with Crippen LogP contribution in [-0.4, -0.2) is 37.7 Å². The van der Waals surface area contributed by atoms with Crippen LogP contribution in [0.4, 0.5) is 0 Å². The lowest BCUT2D eigenvalue weighted by molar-refractivity contribution is -0.124. The number of carbonyl (C=O) groups excluding carboxylic acids is 1. The van der Waals surface area contributed by atoms with Crippen molar-refractivity contribution in [3.8, 4) is 0 Å². The summed E-state index contributed by atoms with van der Waals surface area (Å²) in [6.07, 6.45) is 1.48. The van der Waals surface area contributed by atoms with Gasteiger partial charge in [0, 0.05) is 11.9 Å². The van der Waals surface area contributed by atoms with Crippen LogP contribution < -0.4 is 5.32 Å². The molecule has 2 unspecified atom stereocenters. The minimum atomic E-state index is -2.96. The number of sulfone groups is 1. The molecule has 1 N–H and O–H groups in total. The zero-order valence-electron chi connectivity index (χ0n) is 9.41. The molecule has 2 atom stereocenters. The molecule has 0 bridgehead atoms. The maximum Gasteiger partial charge on any atom is 0.224 e. The molecule has 16 heavy (non-hydrogen) atoms. The molecular formula is C10H18BrNO3S.